The molecule has 1 aromatic heterocycles. The van der Waals surface area contributed by atoms with E-state index in [-0.39, 0.29) is 0 Å². The molecule has 0 aliphatic carbocycles. The SMILES string of the molecule is CS(=O)(=O)NCCCOc1cccc2cccnc12. The number of hydrogen-bond donors (Lipinski definition) is 1. The van der Waals surface area contributed by atoms with Crippen LogP contribution in [0.4, 0.5) is 0 Å². The molecule has 2 aromatic rings. The molecule has 102 valence electrons. The van der Waals surface area contributed by atoms with Crippen molar-refractivity contribution in [3.8, 4) is 5.75 Å². The molecule has 0 aliphatic heterocycles. The lowest BCUT2D eigenvalue weighted by Crippen LogP contribution is -2.24. The molecular weight excluding hydrogens is 264 g/mol. The molecule has 0 atom stereocenters. The molecule has 0 amide bonds. The van der Waals surface area contributed by atoms with Crippen LogP contribution in [-0.4, -0.2) is 32.8 Å². The number of aromatic nitrogens is 1. The van der Waals surface area contributed by atoms with E-state index in [0.717, 1.165) is 22.9 Å². The fraction of sp³-hybridized carbons (Fsp3) is 0.308. The van der Waals surface area contributed by atoms with Gasteiger partial charge in [0, 0.05) is 18.1 Å². The largest absolute Gasteiger partial charge is 0.491 e. The van der Waals surface area contributed by atoms with Gasteiger partial charge in [0.15, 0.2) is 0 Å². The topological polar surface area (TPSA) is 68.3 Å². The van der Waals surface area contributed by atoms with Gasteiger partial charge in [0.05, 0.1) is 12.9 Å². The van der Waals surface area contributed by atoms with Crippen molar-refractivity contribution >= 4 is 20.9 Å². The van der Waals surface area contributed by atoms with E-state index in [2.05, 4.69) is 9.71 Å². The van der Waals surface area contributed by atoms with Crippen LogP contribution in [0.15, 0.2) is 36.5 Å². The molecule has 0 aliphatic rings. The summed E-state index contributed by atoms with van der Waals surface area (Å²) in [6, 6.07) is 9.59. The minimum atomic E-state index is -3.12. The van der Waals surface area contributed by atoms with Gasteiger partial charge in [-0.15, -0.1) is 0 Å². The van der Waals surface area contributed by atoms with Gasteiger partial charge in [-0.3, -0.25) is 4.98 Å². The Morgan fingerprint density at radius 1 is 1.26 bits per heavy atom. The Labute approximate surface area is 112 Å². The van der Waals surface area contributed by atoms with Gasteiger partial charge in [-0.25, -0.2) is 13.1 Å². The zero-order valence-corrected chi connectivity index (χ0v) is 11.5. The molecule has 6 heteroatoms. The van der Waals surface area contributed by atoms with Gasteiger partial charge < -0.3 is 4.74 Å². The predicted octanol–water partition coefficient (Wildman–Crippen LogP) is 1.55. The summed E-state index contributed by atoms with van der Waals surface area (Å²) in [5.41, 5.74) is 0.820. The Kier molecular flexibility index (Phi) is 4.34. The van der Waals surface area contributed by atoms with Crippen molar-refractivity contribution in [1.29, 1.82) is 0 Å². The second kappa shape index (κ2) is 5.99. The summed E-state index contributed by atoms with van der Waals surface area (Å²) in [4.78, 5) is 4.28. The first-order valence-corrected chi connectivity index (χ1v) is 7.86. The maximum atomic E-state index is 10.9. The van der Waals surface area contributed by atoms with Crippen LogP contribution in [0.2, 0.25) is 0 Å². The highest BCUT2D eigenvalue weighted by atomic mass is 32.2. The van der Waals surface area contributed by atoms with E-state index in [1.165, 1.54) is 0 Å². The van der Waals surface area contributed by atoms with Crippen LogP contribution in [0, 0.1) is 0 Å². The van der Waals surface area contributed by atoms with E-state index < -0.39 is 10.0 Å². The third kappa shape index (κ3) is 4.18. The molecule has 0 fully saturated rings. The molecule has 0 saturated carbocycles. The van der Waals surface area contributed by atoms with E-state index >= 15 is 0 Å². The van der Waals surface area contributed by atoms with Crippen molar-refractivity contribution in [3.63, 3.8) is 0 Å². The monoisotopic (exact) mass is 280 g/mol. The van der Waals surface area contributed by atoms with E-state index in [1.54, 1.807) is 6.20 Å². The number of nitrogens with one attached hydrogen (secondary N) is 1. The van der Waals surface area contributed by atoms with Crippen LogP contribution in [0.25, 0.3) is 10.9 Å². The van der Waals surface area contributed by atoms with Gasteiger partial charge >= 0.3 is 0 Å². The van der Waals surface area contributed by atoms with Crippen LogP contribution in [0.1, 0.15) is 6.42 Å². The molecule has 19 heavy (non-hydrogen) atoms. The maximum Gasteiger partial charge on any atom is 0.208 e. The summed E-state index contributed by atoms with van der Waals surface area (Å²) < 4.78 is 29.8. The fourth-order valence-electron chi connectivity index (χ4n) is 1.70. The third-order valence-corrected chi connectivity index (χ3v) is 3.27. The third-order valence-electron chi connectivity index (χ3n) is 2.54. The van der Waals surface area contributed by atoms with E-state index in [0.29, 0.717) is 19.6 Å². The Hall–Kier alpha value is -1.66. The molecule has 0 bridgehead atoms. The smallest absolute Gasteiger partial charge is 0.208 e. The molecule has 1 heterocycles. The molecule has 1 aromatic carbocycles. The molecule has 2 rings (SSSR count). The quantitative estimate of drug-likeness (QED) is 0.815. The van der Waals surface area contributed by atoms with Gasteiger partial charge in [0.1, 0.15) is 11.3 Å². The van der Waals surface area contributed by atoms with Gasteiger partial charge in [-0.05, 0) is 18.6 Å². The Morgan fingerprint density at radius 3 is 2.84 bits per heavy atom. The number of nitrogens with zero attached hydrogens (tertiary/aromatic N) is 1. The summed E-state index contributed by atoms with van der Waals surface area (Å²) in [5.74, 6) is 0.720. The standard InChI is InChI=1S/C13H16N2O3S/c1-19(16,17)15-9-4-10-18-12-7-2-5-11-6-3-8-14-13(11)12/h2-3,5-8,15H,4,9-10H2,1H3. The van der Waals surface area contributed by atoms with Crippen molar-refractivity contribution in [1.82, 2.24) is 9.71 Å². The van der Waals surface area contributed by atoms with Gasteiger partial charge in [0.25, 0.3) is 0 Å². The van der Waals surface area contributed by atoms with Crippen molar-refractivity contribution in [3.05, 3.63) is 36.5 Å². The highest BCUT2D eigenvalue weighted by molar-refractivity contribution is 7.88. The Balaban J connectivity index is 1.92. The average Bonchev–Trinajstić information content (AvgIpc) is 2.37. The van der Waals surface area contributed by atoms with Crippen LogP contribution < -0.4 is 9.46 Å². The first-order valence-electron chi connectivity index (χ1n) is 5.97. The molecule has 0 spiro atoms. The molecule has 1 N–H and O–H groups in total. The Morgan fingerprint density at radius 2 is 2.05 bits per heavy atom. The van der Waals surface area contributed by atoms with Crippen LogP contribution in [-0.2, 0) is 10.0 Å². The van der Waals surface area contributed by atoms with Gasteiger partial charge in [0.2, 0.25) is 10.0 Å². The van der Waals surface area contributed by atoms with Gasteiger partial charge in [-0.1, -0.05) is 18.2 Å². The minimum Gasteiger partial charge on any atom is -0.491 e. The van der Waals surface area contributed by atoms with Crippen molar-refractivity contribution in [2.75, 3.05) is 19.4 Å². The zero-order valence-electron chi connectivity index (χ0n) is 10.7. The number of sulfonamides is 1. The number of hydrogen-bond acceptors (Lipinski definition) is 4. The summed E-state index contributed by atoms with van der Waals surface area (Å²) in [6.45, 7) is 0.815. The van der Waals surface area contributed by atoms with Crippen LogP contribution in [0.3, 0.4) is 0 Å². The van der Waals surface area contributed by atoms with Crippen LogP contribution in [0.5, 0.6) is 5.75 Å². The summed E-state index contributed by atoms with van der Waals surface area (Å²) in [7, 11) is -3.12. The predicted molar refractivity (Wildman–Crippen MR) is 74.7 cm³/mol. The summed E-state index contributed by atoms with van der Waals surface area (Å²) in [5, 5.41) is 1.02. The lowest BCUT2D eigenvalue weighted by molar-refractivity contribution is 0.314. The van der Waals surface area contributed by atoms with Crippen molar-refractivity contribution < 1.29 is 13.2 Å². The van der Waals surface area contributed by atoms with Crippen molar-refractivity contribution in [2.24, 2.45) is 0 Å². The molecule has 0 saturated heterocycles. The van der Waals surface area contributed by atoms with Crippen molar-refractivity contribution in [2.45, 2.75) is 6.42 Å². The molecular formula is C13H16N2O3S. The summed E-state index contributed by atoms with van der Waals surface area (Å²) >= 11 is 0. The highest BCUT2D eigenvalue weighted by Gasteiger charge is 2.03. The maximum absolute atomic E-state index is 10.9. The first kappa shape index (κ1) is 13.8. The number of para-hydroxylation sites is 1. The number of pyridine rings is 1. The lowest BCUT2D eigenvalue weighted by atomic mass is 10.2. The Bertz CT molecular complexity index is 650. The normalized spacial score (nSPS) is 11.6. The first-order chi connectivity index (χ1) is 9.06. The average molecular weight is 280 g/mol. The number of ether oxygens (including phenoxy) is 1. The molecule has 5 nitrogen and oxygen atoms in total. The number of rotatable bonds is 6. The lowest BCUT2D eigenvalue weighted by Gasteiger charge is -2.08. The van der Waals surface area contributed by atoms with Gasteiger partial charge in [-0.2, -0.15) is 0 Å². The zero-order chi connectivity index (χ0) is 13.7. The molecule has 0 radical (unpaired) electrons. The highest BCUT2D eigenvalue weighted by Crippen LogP contribution is 2.22. The van der Waals surface area contributed by atoms with E-state index in [1.807, 2.05) is 30.3 Å². The van der Waals surface area contributed by atoms with Crippen LogP contribution >= 0.6 is 0 Å². The minimum absolute atomic E-state index is 0.372. The number of benzene rings is 1. The molecule has 0 unspecified atom stereocenters. The summed E-state index contributed by atoms with van der Waals surface area (Å²) in [6.07, 6.45) is 3.47. The van der Waals surface area contributed by atoms with E-state index in [4.69, 9.17) is 4.74 Å². The second-order valence-electron chi connectivity index (χ2n) is 4.20. The van der Waals surface area contributed by atoms with E-state index in [9.17, 15) is 8.42 Å². The number of fused-ring (bicyclic) bond motifs is 1. The fourth-order valence-corrected chi connectivity index (χ4v) is 2.22. The second-order valence-corrected chi connectivity index (χ2v) is 6.03.